The number of β-amino-alcohol motifs (C(OH)–C–C–N with tert-alkyl or cyclic N) is 1. The first-order chi connectivity index (χ1) is 12.0. The third-order valence-electron chi connectivity index (χ3n) is 4.29. The average Bonchev–Trinajstić information content (AvgIpc) is 2.81. The van der Waals surface area contributed by atoms with Crippen molar-refractivity contribution in [3.63, 3.8) is 0 Å². The first kappa shape index (κ1) is 18.1. The van der Waals surface area contributed by atoms with Crippen molar-refractivity contribution in [2.24, 2.45) is 0 Å². The second-order valence-electron chi connectivity index (χ2n) is 6.30. The van der Waals surface area contributed by atoms with E-state index in [4.69, 9.17) is 4.74 Å². The van der Waals surface area contributed by atoms with E-state index in [1.54, 1.807) is 30.3 Å². The van der Waals surface area contributed by atoms with Gasteiger partial charge >= 0.3 is 0 Å². The lowest BCUT2D eigenvalue weighted by atomic mass is 10.1. The van der Waals surface area contributed by atoms with E-state index in [9.17, 15) is 13.5 Å². The van der Waals surface area contributed by atoms with Crippen molar-refractivity contribution in [2.45, 2.75) is 23.3 Å². The van der Waals surface area contributed by atoms with E-state index in [1.807, 2.05) is 24.3 Å². The molecule has 0 saturated carbocycles. The van der Waals surface area contributed by atoms with Crippen LogP contribution in [-0.2, 0) is 26.9 Å². The number of sulfone groups is 1. The van der Waals surface area contributed by atoms with Gasteiger partial charge in [-0.3, -0.25) is 4.90 Å². The molecule has 134 valence electrons. The predicted molar refractivity (Wildman–Crippen MR) is 95.9 cm³/mol. The van der Waals surface area contributed by atoms with Crippen LogP contribution in [0.3, 0.4) is 0 Å². The van der Waals surface area contributed by atoms with Gasteiger partial charge in [-0.25, -0.2) is 8.42 Å². The van der Waals surface area contributed by atoms with Gasteiger partial charge in [0.2, 0.25) is 0 Å². The van der Waals surface area contributed by atoms with Gasteiger partial charge in [0.15, 0.2) is 9.84 Å². The summed E-state index contributed by atoms with van der Waals surface area (Å²) in [5, 5.41) is 9.88. The number of hydrogen-bond donors (Lipinski definition) is 1. The summed E-state index contributed by atoms with van der Waals surface area (Å²) in [6, 6.07) is 16.1. The van der Waals surface area contributed by atoms with Crippen LogP contribution < -0.4 is 0 Å². The van der Waals surface area contributed by atoms with Crippen molar-refractivity contribution < 1.29 is 18.3 Å². The van der Waals surface area contributed by atoms with E-state index in [0.717, 1.165) is 17.7 Å². The van der Waals surface area contributed by atoms with Gasteiger partial charge in [0.05, 0.1) is 30.0 Å². The molecule has 0 amide bonds. The molecule has 1 atom stereocenters. The molecular weight excluding hydrogens is 338 g/mol. The van der Waals surface area contributed by atoms with Crippen molar-refractivity contribution in [1.82, 2.24) is 4.90 Å². The van der Waals surface area contributed by atoms with E-state index in [1.165, 1.54) is 0 Å². The van der Waals surface area contributed by atoms with Crippen molar-refractivity contribution in [3.05, 3.63) is 65.7 Å². The van der Waals surface area contributed by atoms with Crippen molar-refractivity contribution in [2.75, 3.05) is 26.3 Å². The highest BCUT2D eigenvalue weighted by Gasteiger charge is 2.20. The molecule has 0 bridgehead atoms. The summed E-state index contributed by atoms with van der Waals surface area (Å²) in [7, 11) is -3.39. The molecule has 0 aliphatic carbocycles. The molecule has 0 aromatic heterocycles. The monoisotopic (exact) mass is 361 g/mol. The Bertz CT molecular complexity index is 792. The third kappa shape index (κ3) is 4.89. The van der Waals surface area contributed by atoms with E-state index < -0.39 is 15.9 Å². The zero-order valence-corrected chi connectivity index (χ0v) is 14.9. The first-order valence-corrected chi connectivity index (χ1v) is 10.0. The van der Waals surface area contributed by atoms with Gasteiger partial charge in [-0.15, -0.1) is 0 Å². The highest BCUT2D eigenvalue weighted by atomic mass is 32.2. The predicted octanol–water partition coefficient (Wildman–Crippen LogP) is 1.85. The average molecular weight is 361 g/mol. The largest absolute Gasteiger partial charge is 0.389 e. The molecule has 0 spiro atoms. The number of nitrogens with zero attached hydrogens (tertiary/aromatic N) is 1. The second-order valence-corrected chi connectivity index (χ2v) is 8.29. The zero-order chi connectivity index (χ0) is 17.7. The van der Waals surface area contributed by atoms with Crippen LogP contribution in [0.5, 0.6) is 0 Å². The van der Waals surface area contributed by atoms with E-state index in [-0.39, 0.29) is 5.75 Å². The van der Waals surface area contributed by atoms with E-state index in [2.05, 4.69) is 4.90 Å². The Morgan fingerprint density at radius 3 is 2.48 bits per heavy atom. The van der Waals surface area contributed by atoms with Crippen LogP contribution in [-0.4, -0.2) is 50.8 Å². The fourth-order valence-corrected chi connectivity index (χ4v) is 4.44. The fourth-order valence-electron chi connectivity index (χ4n) is 3.01. The molecule has 5 nitrogen and oxygen atoms in total. The lowest BCUT2D eigenvalue weighted by molar-refractivity contribution is 0.0562. The minimum absolute atomic E-state index is 0.0277. The van der Waals surface area contributed by atoms with Gasteiger partial charge in [-0.2, -0.15) is 0 Å². The molecule has 2 aromatic carbocycles. The van der Waals surface area contributed by atoms with Crippen LogP contribution >= 0.6 is 0 Å². The molecule has 0 radical (unpaired) electrons. The maximum Gasteiger partial charge on any atom is 0.182 e. The highest BCUT2D eigenvalue weighted by Crippen LogP contribution is 2.20. The van der Waals surface area contributed by atoms with Crippen molar-refractivity contribution >= 4 is 9.84 Å². The normalized spacial score (nSPS) is 19.5. The molecule has 2 aromatic rings. The Labute approximate surface area is 148 Å². The topological polar surface area (TPSA) is 66.8 Å². The van der Waals surface area contributed by atoms with Crippen LogP contribution in [0.25, 0.3) is 0 Å². The summed E-state index contributed by atoms with van der Waals surface area (Å²) in [5.74, 6) is -0.0277. The minimum Gasteiger partial charge on any atom is -0.389 e. The maximum atomic E-state index is 12.7. The van der Waals surface area contributed by atoms with Gasteiger partial charge < -0.3 is 9.84 Å². The van der Waals surface area contributed by atoms with Gasteiger partial charge in [0, 0.05) is 19.6 Å². The molecule has 1 heterocycles. The third-order valence-corrected chi connectivity index (χ3v) is 5.97. The lowest BCUT2D eigenvalue weighted by Crippen LogP contribution is -2.32. The number of rotatable bonds is 5. The Morgan fingerprint density at radius 1 is 1.04 bits per heavy atom. The van der Waals surface area contributed by atoms with Gasteiger partial charge in [0.1, 0.15) is 0 Å². The smallest absolute Gasteiger partial charge is 0.182 e. The fraction of sp³-hybridized carbons (Fsp3) is 0.368. The minimum atomic E-state index is -3.39. The Morgan fingerprint density at radius 2 is 1.72 bits per heavy atom. The van der Waals surface area contributed by atoms with Crippen LogP contribution in [0.15, 0.2) is 59.5 Å². The number of hydrogen-bond acceptors (Lipinski definition) is 5. The zero-order valence-electron chi connectivity index (χ0n) is 14.0. The summed E-state index contributed by atoms with van der Waals surface area (Å²) in [5.41, 5.74) is 1.77. The van der Waals surface area contributed by atoms with Crippen molar-refractivity contribution in [1.29, 1.82) is 0 Å². The summed E-state index contributed by atoms with van der Waals surface area (Å²) in [4.78, 5) is 2.44. The quantitative estimate of drug-likeness (QED) is 0.880. The molecule has 25 heavy (non-hydrogen) atoms. The molecular formula is C19H23NO4S. The standard InChI is InChI=1S/C19H23NO4S/c21-18-13-20(10-11-24-14-18)12-16-6-4-5-7-17(16)15-25(22,23)19-8-2-1-3-9-19/h1-9,18,21H,10-15H2/t18-/m1/s1. The number of ether oxygens (including phenoxy) is 1. The number of aliphatic hydroxyl groups is 1. The van der Waals surface area contributed by atoms with Gasteiger partial charge in [-0.05, 0) is 23.3 Å². The summed E-state index contributed by atoms with van der Waals surface area (Å²) in [6.45, 7) is 2.76. The SMILES string of the molecule is O=S(=O)(Cc1ccccc1CN1CCOC[C@H](O)C1)c1ccccc1. The molecule has 1 N–H and O–H groups in total. The summed E-state index contributed by atoms with van der Waals surface area (Å²) < 4.78 is 30.7. The molecule has 1 aliphatic rings. The van der Waals surface area contributed by atoms with Crippen molar-refractivity contribution in [3.8, 4) is 0 Å². The summed E-state index contributed by atoms with van der Waals surface area (Å²) >= 11 is 0. The highest BCUT2D eigenvalue weighted by molar-refractivity contribution is 7.90. The number of benzene rings is 2. The number of aliphatic hydroxyl groups excluding tert-OH is 1. The maximum absolute atomic E-state index is 12.7. The van der Waals surface area contributed by atoms with E-state index in [0.29, 0.717) is 31.2 Å². The molecule has 0 unspecified atom stereocenters. The summed E-state index contributed by atoms with van der Waals surface area (Å²) in [6.07, 6.45) is -0.511. The lowest BCUT2D eigenvalue weighted by Gasteiger charge is -2.22. The Kier molecular flexibility index (Phi) is 5.86. The molecule has 6 heteroatoms. The molecule has 1 fully saturated rings. The Balaban J connectivity index is 1.79. The molecule has 1 aliphatic heterocycles. The second kappa shape index (κ2) is 8.10. The van der Waals surface area contributed by atoms with E-state index >= 15 is 0 Å². The first-order valence-electron chi connectivity index (χ1n) is 8.37. The van der Waals surface area contributed by atoms with Gasteiger partial charge in [0.25, 0.3) is 0 Å². The van der Waals surface area contributed by atoms with Crippen LogP contribution in [0, 0.1) is 0 Å². The van der Waals surface area contributed by atoms with Crippen LogP contribution in [0.1, 0.15) is 11.1 Å². The van der Waals surface area contributed by atoms with Crippen LogP contribution in [0.4, 0.5) is 0 Å². The van der Waals surface area contributed by atoms with Crippen LogP contribution in [0.2, 0.25) is 0 Å². The molecule has 3 rings (SSSR count). The van der Waals surface area contributed by atoms with Gasteiger partial charge in [-0.1, -0.05) is 42.5 Å². The molecule has 1 saturated heterocycles. The Hall–Kier alpha value is -1.73.